The van der Waals surface area contributed by atoms with Crippen molar-refractivity contribution >= 4 is 36.5 Å². The van der Waals surface area contributed by atoms with Crippen LogP contribution in [0.5, 0.6) is 0 Å². The molecule has 1 aromatic heterocycles. The number of anilines is 1. The molecule has 24 heavy (non-hydrogen) atoms. The van der Waals surface area contributed by atoms with E-state index in [-0.39, 0.29) is 48.9 Å². The van der Waals surface area contributed by atoms with Crippen LogP contribution in [0.25, 0.3) is 0 Å². The Hall–Kier alpha value is -1.08. The lowest BCUT2D eigenvalue weighted by Crippen LogP contribution is -2.58. The molecule has 2 saturated heterocycles. The Bertz CT molecular complexity index is 498. The number of carbonyl (C=O) groups excluding carboxylic acids is 1. The number of aromatic nitrogens is 1. The van der Waals surface area contributed by atoms with Gasteiger partial charge in [-0.3, -0.25) is 4.79 Å². The van der Waals surface area contributed by atoms with E-state index in [4.69, 9.17) is 4.74 Å². The summed E-state index contributed by atoms with van der Waals surface area (Å²) in [5, 5.41) is 6.40. The number of hydrogen-bond donors (Lipinski definition) is 2. The Morgan fingerprint density at radius 1 is 1.33 bits per heavy atom. The highest BCUT2D eigenvalue weighted by atomic mass is 35.5. The van der Waals surface area contributed by atoms with Crippen LogP contribution in [0.4, 0.5) is 5.82 Å². The van der Waals surface area contributed by atoms with Crippen LogP contribution >= 0.6 is 24.8 Å². The van der Waals surface area contributed by atoms with Crippen molar-refractivity contribution in [3.05, 3.63) is 24.4 Å². The molecule has 0 saturated carbocycles. The molecule has 2 atom stereocenters. The van der Waals surface area contributed by atoms with E-state index >= 15 is 0 Å². The molecule has 2 fully saturated rings. The maximum absolute atomic E-state index is 12.3. The molecule has 0 unspecified atom stereocenters. The van der Waals surface area contributed by atoms with E-state index in [9.17, 15) is 4.79 Å². The number of rotatable bonds is 3. The van der Waals surface area contributed by atoms with Gasteiger partial charge >= 0.3 is 0 Å². The molecule has 0 radical (unpaired) electrons. The van der Waals surface area contributed by atoms with Gasteiger partial charge in [0.2, 0.25) is 5.91 Å². The van der Waals surface area contributed by atoms with Gasteiger partial charge in [-0.25, -0.2) is 4.98 Å². The fourth-order valence-corrected chi connectivity index (χ4v) is 3.11. The lowest BCUT2D eigenvalue weighted by Gasteiger charge is -2.35. The van der Waals surface area contributed by atoms with Crippen LogP contribution in [0.1, 0.15) is 19.8 Å². The Labute approximate surface area is 155 Å². The van der Waals surface area contributed by atoms with Gasteiger partial charge in [0.05, 0.1) is 12.7 Å². The molecule has 0 aliphatic carbocycles. The largest absolute Gasteiger partial charge is 0.375 e. The Morgan fingerprint density at radius 2 is 2.08 bits per heavy atom. The van der Waals surface area contributed by atoms with Gasteiger partial charge in [0.1, 0.15) is 11.9 Å². The molecule has 2 aliphatic rings. The number of nitrogens with one attached hydrogen (secondary N) is 2. The Balaban J connectivity index is 0.00000144. The van der Waals surface area contributed by atoms with E-state index in [1.54, 1.807) is 0 Å². The van der Waals surface area contributed by atoms with Gasteiger partial charge in [0.25, 0.3) is 0 Å². The second-order valence-corrected chi connectivity index (χ2v) is 5.97. The summed E-state index contributed by atoms with van der Waals surface area (Å²) in [6.07, 6.45) is 3.65. The molecule has 6 nitrogen and oxygen atoms in total. The third kappa shape index (κ3) is 5.21. The first kappa shape index (κ1) is 21.0. The lowest BCUT2D eigenvalue weighted by atomic mass is 10.0. The average Bonchev–Trinajstić information content (AvgIpc) is 2.57. The monoisotopic (exact) mass is 376 g/mol. The molecule has 0 aromatic carbocycles. The topological polar surface area (TPSA) is 66.5 Å². The number of nitrogens with zero attached hydrogens (tertiary/aromatic N) is 2. The highest BCUT2D eigenvalue weighted by Crippen LogP contribution is 2.17. The molecule has 0 bridgehead atoms. The minimum atomic E-state index is -0.234. The molecule has 3 heterocycles. The van der Waals surface area contributed by atoms with Crippen molar-refractivity contribution in [1.29, 1.82) is 0 Å². The highest BCUT2D eigenvalue weighted by molar-refractivity contribution is 5.85. The molecule has 1 amide bonds. The Morgan fingerprint density at radius 3 is 2.71 bits per heavy atom. The van der Waals surface area contributed by atoms with Gasteiger partial charge in [0, 0.05) is 31.9 Å². The summed E-state index contributed by atoms with van der Waals surface area (Å²) in [5.74, 6) is 1.08. The van der Waals surface area contributed by atoms with Crippen LogP contribution in [0.15, 0.2) is 24.4 Å². The number of piperidine rings is 1. The molecule has 1 aromatic rings. The predicted molar refractivity (Wildman–Crippen MR) is 99.3 cm³/mol. The van der Waals surface area contributed by atoms with Gasteiger partial charge in [0.15, 0.2) is 0 Å². The van der Waals surface area contributed by atoms with Crippen LogP contribution in [0.3, 0.4) is 0 Å². The van der Waals surface area contributed by atoms with Crippen molar-refractivity contribution in [3.8, 4) is 0 Å². The maximum atomic E-state index is 12.3. The number of carbonyl (C=O) groups is 1. The van der Waals surface area contributed by atoms with Gasteiger partial charge < -0.3 is 20.3 Å². The molecular formula is C16H26Cl2N4O2. The smallest absolute Gasteiger partial charge is 0.240 e. The summed E-state index contributed by atoms with van der Waals surface area (Å²) in [7, 11) is 0. The number of morpholine rings is 1. The van der Waals surface area contributed by atoms with Crippen molar-refractivity contribution in [2.75, 3.05) is 31.1 Å². The van der Waals surface area contributed by atoms with Crippen LogP contribution in [0.2, 0.25) is 0 Å². The number of halogens is 2. The van der Waals surface area contributed by atoms with E-state index in [1.807, 2.05) is 31.3 Å². The first-order valence-corrected chi connectivity index (χ1v) is 8.05. The second kappa shape index (κ2) is 10.0. The second-order valence-electron chi connectivity index (χ2n) is 5.97. The quantitative estimate of drug-likeness (QED) is 0.834. The standard InChI is InChI=1S/C16H24N4O2.2ClH/c1-12-15(18-8-11-22-12)16(21)19-13-5-9-20(10-6-13)14-4-2-3-7-17-14;;/h2-4,7,12-13,15,18H,5-6,8-11H2,1H3,(H,19,21);2*1H/t12-,15+;;/m1../s1. The average molecular weight is 377 g/mol. The predicted octanol–water partition coefficient (Wildman–Crippen LogP) is 1.39. The fourth-order valence-electron chi connectivity index (χ4n) is 3.11. The molecule has 3 rings (SSSR count). The molecule has 136 valence electrons. The van der Waals surface area contributed by atoms with Crippen molar-refractivity contribution in [2.45, 2.75) is 38.0 Å². The zero-order valence-electron chi connectivity index (χ0n) is 13.8. The van der Waals surface area contributed by atoms with Crippen molar-refractivity contribution in [3.63, 3.8) is 0 Å². The summed E-state index contributed by atoms with van der Waals surface area (Å²) in [5.41, 5.74) is 0. The summed E-state index contributed by atoms with van der Waals surface area (Å²) in [4.78, 5) is 19.0. The van der Waals surface area contributed by atoms with Crippen LogP contribution in [-0.4, -0.2) is 55.3 Å². The number of hydrogen-bond acceptors (Lipinski definition) is 5. The summed E-state index contributed by atoms with van der Waals surface area (Å²) in [6, 6.07) is 5.97. The van der Waals surface area contributed by atoms with Gasteiger partial charge in [-0.2, -0.15) is 0 Å². The lowest BCUT2D eigenvalue weighted by molar-refractivity contribution is -0.129. The van der Waals surface area contributed by atoms with Gasteiger partial charge in [-0.05, 0) is 31.9 Å². The summed E-state index contributed by atoms with van der Waals surface area (Å²) < 4.78 is 5.54. The van der Waals surface area contributed by atoms with E-state index in [1.165, 1.54) is 0 Å². The highest BCUT2D eigenvalue weighted by Gasteiger charge is 2.30. The van der Waals surface area contributed by atoms with Crippen LogP contribution < -0.4 is 15.5 Å². The van der Waals surface area contributed by atoms with E-state index in [0.29, 0.717) is 6.61 Å². The van der Waals surface area contributed by atoms with E-state index in [2.05, 4.69) is 20.5 Å². The van der Waals surface area contributed by atoms with Crippen molar-refractivity contribution in [2.24, 2.45) is 0 Å². The Kier molecular flexibility index (Phi) is 8.76. The molecular weight excluding hydrogens is 351 g/mol. The minimum absolute atomic E-state index is 0. The van der Waals surface area contributed by atoms with E-state index in [0.717, 1.165) is 38.3 Å². The zero-order valence-corrected chi connectivity index (χ0v) is 15.4. The van der Waals surface area contributed by atoms with Crippen molar-refractivity contribution in [1.82, 2.24) is 15.6 Å². The zero-order chi connectivity index (χ0) is 15.4. The first-order chi connectivity index (χ1) is 10.7. The maximum Gasteiger partial charge on any atom is 0.240 e. The van der Waals surface area contributed by atoms with Crippen LogP contribution in [0, 0.1) is 0 Å². The van der Waals surface area contributed by atoms with Gasteiger partial charge in [-0.1, -0.05) is 6.07 Å². The van der Waals surface area contributed by atoms with E-state index < -0.39 is 0 Å². The number of pyridine rings is 1. The van der Waals surface area contributed by atoms with Crippen LogP contribution in [-0.2, 0) is 9.53 Å². The first-order valence-electron chi connectivity index (χ1n) is 8.05. The molecule has 0 spiro atoms. The fraction of sp³-hybridized carbons (Fsp3) is 0.625. The molecule has 2 N–H and O–H groups in total. The third-order valence-corrected chi connectivity index (χ3v) is 4.41. The minimum Gasteiger partial charge on any atom is -0.375 e. The third-order valence-electron chi connectivity index (χ3n) is 4.41. The molecule has 8 heteroatoms. The number of ether oxygens (including phenoxy) is 1. The normalized spacial score (nSPS) is 24.5. The molecule has 2 aliphatic heterocycles. The van der Waals surface area contributed by atoms with Gasteiger partial charge in [-0.15, -0.1) is 24.8 Å². The number of amides is 1. The summed E-state index contributed by atoms with van der Waals surface area (Å²) >= 11 is 0. The van der Waals surface area contributed by atoms with Crippen molar-refractivity contribution < 1.29 is 9.53 Å². The SMILES string of the molecule is C[C@H]1OCCN[C@@H]1C(=O)NC1CCN(c2ccccn2)CC1.Cl.Cl. The summed E-state index contributed by atoms with van der Waals surface area (Å²) in [6.45, 7) is 5.20.